The summed E-state index contributed by atoms with van der Waals surface area (Å²) >= 11 is 0. The summed E-state index contributed by atoms with van der Waals surface area (Å²) in [6, 6.07) is 22.6. The van der Waals surface area contributed by atoms with E-state index in [0.29, 0.717) is 6.54 Å². The lowest BCUT2D eigenvalue weighted by Crippen LogP contribution is -2.38. The van der Waals surface area contributed by atoms with Crippen LogP contribution in [0.2, 0.25) is 0 Å². The minimum atomic E-state index is -0.253. The smallest absolute Gasteiger partial charge is 0.227 e. The molecule has 1 aliphatic rings. The number of carbonyl (C=O) groups is 1. The van der Waals surface area contributed by atoms with Crippen molar-refractivity contribution in [1.82, 2.24) is 14.5 Å². The second-order valence-corrected chi connectivity index (χ2v) is 8.92. The number of hydrogen-bond donors (Lipinski definition) is 1. The summed E-state index contributed by atoms with van der Waals surface area (Å²) < 4.78 is 15.6. The van der Waals surface area contributed by atoms with Gasteiger partial charge >= 0.3 is 0 Å². The lowest BCUT2D eigenvalue weighted by atomic mass is 9.95. The number of amides is 1. The summed E-state index contributed by atoms with van der Waals surface area (Å²) in [7, 11) is 0. The van der Waals surface area contributed by atoms with E-state index in [1.54, 1.807) is 12.1 Å². The van der Waals surface area contributed by atoms with Gasteiger partial charge in [-0.15, -0.1) is 0 Å². The van der Waals surface area contributed by atoms with Crippen molar-refractivity contribution in [1.29, 1.82) is 0 Å². The highest BCUT2D eigenvalue weighted by molar-refractivity contribution is 5.92. The molecule has 2 heterocycles. The van der Waals surface area contributed by atoms with Gasteiger partial charge in [0.2, 0.25) is 5.91 Å². The predicted molar refractivity (Wildman–Crippen MR) is 133 cm³/mol. The summed E-state index contributed by atoms with van der Waals surface area (Å²) in [6.45, 7) is 4.47. The zero-order valence-corrected chi connectivity index (χ0v) is 19.4. The molecule has 1 amide bonds. The number of rotatable bonds is 6. The monoisotopic (exact) mass is 456 g/mol. The number of aromatic nitrogens is 2. The van der Waals surface area contributed by atoms with Crippen molar-refractivity contribution < 1.29 is 9.18 Å². The number of likely N-dealkylation sites (tertiary alicyclic amines) is 1. The molecule has 6 heteroatoms. The molecule has 0 bridgehead atoms. The van der Waals surface area contributed by atoms with E-state index in [9.17, 15) is 9.18 Å². The van der Waals surface area contributed by atoms with Crippen LogP contribution in [-0.2, 0) is 17.8 Å². The fourth-order valence-corrected chi connectivity index (χ4v) is 4.68. The highest BCUT2D eigenvalue weighted by Gasteiger charge is 2.26. The summed E-state index contributed by atoms with van der Waals surface area (Å²) in [4.78, 5) is 20.0. The number of anilines is 1. The molecule has 0 aliphatic carbocycles. The number of benzene rings is 3. The number of nitrogens with zero attached hydrogens (tertiary/aromatic N) is 3. The molecule has 0 saturated carbocycles. The standard InChI is InChI=1S/C28H29FN4O/c1-2-20-7-11-23(12-8-20)30-28(34)21-15-17-32(18-16-21)19-27-31-25-5-3-4-6-26(25)33(27)24-13-9-22(29)10-14-24/h3-14,21H,2,15-19H2,1H3,(H,30,34). The first kappa shape index (κ1) is 22.3. The zero-order chi connectivity index (χ0) is 23.5. The molecule has 4 aromatic rings. The normalized spacial score (nSPS) is 15.0. The summed E-state index contributed by atoms with van der Waals surface area (Å²) in [5.74, 6) is 0.781. The van der Waals surface area contributed by atoms with E-state index < -0.39 is 0 Å². The average molecular weight is 457 g/mol. The highest BCUT2D eigenvalue weighted by Crippen LogP contribution is 2.25. The van der Waals surface area contributed by atoms with E-state index in [1.807, 2.05) is 36.4 Å². The van der Waals surface area contributed by atoms with E-state index in [-0.39, 0.29) is 17.6 Å². The van der Waals surface area contributed by atoms with Crippen LogP contribution >= 0.6 is 0 Å². The molecule has 5 nitrogen and oxygen atoms in total. The van der Waals surface area contributed by atoms with Crippen molar-refractivity contribution in [2.45, 2.75) is 32.7 Å². The van der Waals surface area contributed by atoms with Crippen LogP contribution in [-0.4, -0.2) is 33.4 Å². The van der Waals surface area contributed by atoms with E-state index >= 15 is 0 Å². The molecule has 1 N–H and O–H groups in total. The lowest BCUT2D eigenvalue weighted by Gasteiger charge is -2.31. The molecule has 3 aromatic carbocycles. The minimum Gasteiger partial charge on any atom is -0.326 e. The average Bonchev–Trinajstić information content (AvgIpc) is 3.23. The molecule has 0 unspecified atom stereocenters. The number of nitrogens with one attached hydrogen (secondary N) is 1. The predicted octanol–water partition coefficient (Wildman–Crippen LogP) is 5.58. The number of hydrogen-bond acceptors (Lipinski definition) is 3. The molecular weight excluding hydrogens is 427 g/mol. The van der Waals surface area contributed by atoms with Gasteiger partial charge in [-0.05, 0) is 86.4 Å². The minimum absolute atomic E-state index is 0.0121. The third-order valence-corrected chi connectivity index (χ3v) is 6.67. The maximum Gasteiger partial charge on any atom is 0.227 e. The second kappa shape index (κ2) is 9.77. The van der Waals surface area contributed by atoms with Crippen LogP contribution in [0.5, 0.6) is 0 Å². The fourth-order valence-electron chi connectivity index (χ4n) is 4.68. The SMILES string of the molecule is CCc1ccc(NC(=O)C2CCN(Cc3nc4ccccc4n3-c3ccc(F)cc3)CC2)cc1. The van der Waals surface area contributed by atoms with Crippen LogP contribution in [0, 0.1) is 11.7 Å². The van der Waals surface area contributed by atoms with Gasteiger partial charge in [0.25, 0.3) is 0 Å². The van der Waals surface area contributed by atoms with Crippen molar-refractivity contribution in [3.05, 3.63) is 90.0 Å². The fraction of sp³-hybridized carbons (Fsp3) is 0.286. The Morgan fingerprint density at radius 3 is 2.41 bits per heavy atom. The van der Waals surface area contributed by atoms with Crippen molar-refractivity contribution >= 4 is 22.6 Å². The van der Waals surface area contributed by atoms with Crippen LogP contribution in [0.4, 0.5) is 10.1 Å². The van der Waals surface area contributed by atoms with Gasteiger partial charge in [0.15, 0.2) is 0 Å². The first-order valence-corrected chi connectivity index (χ1v) is 11.9. The molecule has 34 heavy (non-hydrogen) atoms. The van der Waals surface area contributed by atoms with E-state index in [0.717, 1.165) is 60.6 Å². The third-order valence-electron chi connectivity index (χ3n) is 6.67. The van der Waals surface area contributed by atoms with Crippen molar-refractivity contribution in [2.24, 2.45) is 5.92 Å². The van der Waals surface area contributed by atoms with Gasteiger partial charge in [0, 0.05) is 17.3 Å². The third kappa shape index (κ3) is 4.73. The van der Waals surface area contributed by atoms with Gasteiger partial charge in [-0.25, -0.2) is 9.37 Å². The molecule has 0 radical (unpaired) electrons. The van der Waals surface area contributed by atoms with Crippen LogP contribution < -0.4 is 5.32 Å². The zero-order valence-electron chi connectivity index (χ0n) is 19.4. The number of imidazole rings is 1. The molecule has 1 aliphatic heterocycles. The van der Waals surface area contributed by atoms with Crippen molar-refractivity contribution in [3.8, 4) is 5.69 Å². The van der Waals surface area contributed by atoms with Crippen LogP contribution in [0.15, 0.2) is 72.8 Å². The van der Waals surface area contributed by atoms with E-state index in [1.165, 1.54) is 17.7 Å². The Balaban J connectivity index is 1.26. The Bertz CT molecular complexity index is 1270. The number of aryl methyl sites for hydroxylation is 1. The van der Waals surface area contributed by atoms with Crippen molar-refractivity contribution in [3.63, 3.8) is 0 Å². The molecule has 1 saturated heterocycles. The van der Waals surface area contributed by atoms with Crippen LogP contribution in [0.3, 0.4) is 0 Å². The molecule has 1 fully saturated rings. The number of carbonyl (C=O) groups excluding carboxylic acids is 1. The summed E-state index contributed by atoms with van der Waals surface area (Å²) in [5, 5.41) is 3.08. The van der Waals surface area contributed by atoms with E-state index in [4.69, 9.17) is 4.98 Å². The number of para-hydroxylation sites is 2. The van der Waals surface area contributed by atoms with Crippen LogP contribution in [0.25, 0.3) is 16.7 Å². The van der Waals surface area contributed by atoms with Gasteiger partial charge in [-0.1, -0.05) is 31.2 Å². The number of fused-ring (bicyclic) bond motifs is 1. The molecule has 1 aromatic heterocycles. The van der Waals surface area contributed by atoms with Gasteiger partial charge in [0.1, 0.15) is 11.6 Å². The van der Waals surface area contributed by atoms with Gasteiger partial charge in [0.05, 0.1) is 17.6 Å². The Morgan fingerprint density at radius 2 is 1.71 bits per heavy atom. The van der Waals surface area contributed by atoms with Gasteiger partial charge < -0.3 is 5.32 Å². The Hall–Kier alpha value is -3.51. The maximum atomic E-state index is 13.5. The first-order valence-electron chi connectivity index (χ1n) is 11.9. The quantitative estimate of drug-likeness (QED) is 0.412. The first-order chi connectivity index (χ1) is 16.6. The van der Waals surface area contributed by atoms with Crippen molar-refractivity contribution in [2.75, 3.05) is 18.4 Å². The second-order valence-electron chi connectivity index (χ2n) is 8.92. The molecule has 0 atom stereocenters. The molecule has 5 rings (SSSR count). The van der Waals surface area contributed by atoms with E-state index in [2.05, 4.69) is 33.8 Å². The topological polar surface area (TPSA) is 50.2 Å². The summed E-state index contributed by atoms with van der Waals surface area (Å²) in [5.41, 5.74) is 4.95. The molecule has 0 spiro atoms. The van der Waals surface area contributed by atoms with Gasteiger partial charge in [-0.3, -0.25) is 14.3 Å². The highest BCUT2D eigenvalue weighted by atomic mass is 19.1. The number of piperidine rings is 1. The summed E-state index contributed by atoms with van der Waals surface area (Å²) in [6.07, 6.45) is 2.62. The maximum absolute atomic E-state index is 13.5. The number of halogens is 1. The van der Waals surface area contributed by atoms with Gasteiger partial charge in [-0.2, -0.15) is 0 Å². The van der Waals surface area contributed by atoms with Crippen LogP contribution in [0.1, 0.15) is 31.2 Å². The Kier molecular flexibility index (Phi) is 6.41. The Morgan fingerprint density at radius 1 is 1.00 bits per heavy atom. The molecule has 174 valence electrons. The molecular formula is C28H29FN4O. The largest absolute Gasteiger partial charge is 0.326 e. The lowest BCUT2D eigenvalue weighted by molar-refractivity contribution is -0.121. The Labute approximate surface area is 199 Å².